The molecule has 1 saturated heterocycles. The molecule has 1 fully saturated rings. The molecular formula is C29H26F6N2O6S. The van der Waals surface area contributed by atoms with Gasteiger partial charge in [-0.25, -0.2) is 8.42 Å². The molecule has 0 radical (unpaired) electrons. The van der Waals surface area contributed by atoms with Crippen LogP contribution in [0.1, 0.15) is 35.4 Å². The third kappa shape index (κ3) is 6.10. The second-order valence-electron chi connectivity index (χ2n) is 10.4. The lowest BCUT2D eigenvalue weighted by Gasteiger charge is -2.43. The highest BCUT2D eigenvalue weighted by molar-refractivity contribution is 7.92. The van der Waals surface area contributed by atoms with Crippen molar-refractivity contribution in [3.63, 3.8) is 0 Å². The first kappa shape index (κ1) is 31.3. The van der Waals surface area contributed by atoms with E-state index in [4.69, 9.17) is 14.6 Å². The van der Waals surface area contributed by atoms with Gasteiger partial charge in [-0.05, 0) is 54.4 Å². The topological polar surface area (TPSA) is 96.4 Å². The summed E-state index contributed by atoms with van der Waals surface area (Å²) in [6.07, 6.45) is -10.7. The maximum Gasteiger partial charge on any atom is 0.418 e. The number of alkyl halides is 6. The van der Waals surface area contributed by atoms with Crippen molar-refractivity contribution in [1.82, 2.24) is 0 Å². The van der Waals surface area contributed by atoms with E-state index in [1.807, 2.05) is 0 Å². The Morgan fingerprint density at radius 2 is 1.68 bits per heavy atom. The number of anilines is 2. The largest absolute Gasteiger partial charge is 0.495 e. The number of aliphatic carboxylic acids is 1. The lowest BCUT2D eigenvalue weighted by atomic mass is 9.89. The van der Waals surface area contributed by atoms with Gasteiger partial charge in [0.05, 0.1) is 41.1 Å². The molecule has 0 aliphatic carbocycles. The summed E-state index contributed by atoms with van der Waals surface area (Å²) in [6, 6.07) is 11.5. The maximum atomic E-state index is 13.8. The number of halogens is 6. The lowest BCUT2D eigenvalue weighted by Crippen LogP contribution is -2.46. The highest BCUT2D eigenvalue weighted by Gasteiger charge is 2.41. The molecule has 3 aromatic rings. The third-order valence-corrected chi connectivity index (χ3v) is 9.31. The zero-order valence-electron chi connectivity index (χ0n) is 23.0. The van der Waals surface area contributed by atoms with E-state index < -0.39 is 50.5 Å². The van der Waals surface area contributed by atoms with Crippen molar-refractivity contribution in [2.75, 3.05) is 35.9 Å². The molecule has 1 N–H and O–H groups in total. The van der Waals surface area contributed by atoms with Crippen molar-refractivity contribution in [2.45, 2.75) is 42.1 Å². The second kappa shape index (κ2) is 11.4. The van der Waals surface area contributed by atoms with Gasteiger partial charge < -0.3 is 19.5 Å². The summed E-state index contributed by atoms with van der Waals surface area (Å²) in [5.41, 5.74) is -1.54. The van der Waals surface area contributed by atoms with Gasteiger partial charge in [-0.3, -0.25) is 9.10 Å². The number of benzene rings is 3. The Balaban J connectivity index is 1.48. The van der Waals surface area contributed by atoms with Gasteiger partial charge in [0, 0.05) is 25.4 Å². The number of nitrogens with zero attached hydrogens (tertiary/aromatic N) is 2. The van der Waals surface area contributed by atoms with Crippen LogP contribution >= 0.6 is 0 Å². The average molecular weight is 645 g/mol. The van der Waals surface area contributed by atoms with Crippen molar-refractivity contribution in [1.29, 1.82) is 0 Å². The monoisotopic (exact) mass is 644 g/mol. The Kier molecular flexibility index (Phi) is 8.12. The van der Waals surface area contributed by atoms with Crippen LogP contribution in [0.3, 0.4) is 0 Å². The van der Waals surface area contributed by atoms with E-state index in [-0.39, 0.29) is 61.3 Å². The number of ether oxygens (including phenoxy) is 2. The van der Waals surface area contributed by atoms with Gasteiger partial charge in [0.15, 0.2) is 0 Å². The number of sulfonamides is 1. The standard InChI is InChI=1S/C29H26F6N2O6S/c1-42-25-7-3-6-22(29(33,34)35)27(25)36-14-18(15-36)17-8-10-24-23(12-17)37(16-20(43-24)9-11-26(38)39)44(40,41)21-5-2-4-19(13-21)28(30,31)32/h2-8,10,12-13,18,20H,9,11,14-16H2,1H3,(H,38,39). The number of hydrogen-bond acceptors (Lipinski definition) is 6. The van der Waals surface area contributed by atoms with Crippen LogP contribution in [0.25, 0.3) is 0 Å². The van der Waals surface area contributed by atoms with Crippen LogP contribution in [0.4, 0.5) is 37.7 Å². The first-order valence-corrected chi connectivity index (χ1v) is 14.7. The number of carbonyl (C=O) groups is 1. The minimum atomic E-state index is -4.80. The van der Waals surface area contributed by atoms with E-state index in [1.54, 1.807) is 6.07 Å². The molecule has 2 heterocycles. The van der Waals surface area contributed by atoms with E-state index in [9.17, 15) is 39.6 Å². The summed E-state index contributed by atoms with van der Waals surface area (Å²) in [6.45, 7) is -0.0787. The normalized spacial score (nSPS) is 17.5. The summed E-state index contributed by atoms with van der Waals surface area (Å²) < 4.78 is 121. The Morgan fingerprint density at radius 3 is 2.32 bits per heavy atom. The molecule has 0 amide bonds. The van der Waals surface area contributed by atoms with E-state index >= 15 is 0 Å². The molecular weight excluding hydrogens is 618 g/mol. The van der Waals surface area contributed by atoms with Crippen LogP contribution < -0.4 is 18.7 Å². The lowest BCUT2D eigenvalue weighted by molar-refractivity contribution is -0.138. The molecule has 15 heteroatoms. The minimum absolute atomic E-state index is 0.0261. The smallest absolute Gasteiger partial charge is 0.418 e. The van der Waals surface area contributed by atoms with E-state index in [0.29, 0.717) is 11.6 Å². The molecule has 2 aliphatic heterocycles. The second-order valence-corrected chi connectivity index (χ2v) is 12.3. The number of hydrogen-bond donors (Lipinski definition) is 1. The molecule has 3 aromatic carbocycles. The van der Waals surface area contributed by atoms with Gasteiger partial charge in [0.1, 0.15) is 17.6 Å². The highest BCUT2D eigenvalue weighted by atomic mass is 32.2. The van der Waals surface area contributed by atoms with Gasteiger partial charge in [0.2, 0.25) is 0 Å². The van der Waals surface area contributed by atoms with Crippen LogP contribution in [0.2, 0.25) is 0 Å². The van der Waals surface area contributed by atoms with Crippen LogP contribution in [-0.2, 0) is 27.2 Å². The molecule has 0 aromatic heterocycles. The number of para-hydroxylation sites is 1. The summed E-state index contributed by atoms with van der Waals surface area (Å²) in [4.78, 5) is 12.0. The van der Waals surface area contributed by atoms with Crippen molar-refractivity contribution in [2.24, 2.45) is 0 Å². The first-order chi connectivity index (χ1) is 20.6. The summed E-state index contributed by atoms with van der Waals surface area (Å²) in [5.74, 6) is -1.34. The number of carboxylic acid groups (broad SMARTS) is 1. The van der Waals surface area contributed by atoms with Gasteiger partial charge in [-0.2, -0.15) is 26.3 Å². The Labute approximate surface area is 248 Å². The fourth-order valence-corrected chi connectivity index (χ4v) is 6.86. The predicted molar refractivity (Wildman–Crippen MR) is 147 cm³/mol. The molecule has 236 valence electrons. The molecule has 1 unspecified atom stereocenters. The molecule has 0 spiro atoms. The minimum Gasteiger partial charge on any atom is -0.495 e. The first-order valence-electron chi connectivity index (χ1n) is 13.3. The molecule has 5 rings (SSSR count). The van der Waals surface area contributed by atoms with E-state index in [0.717, 1.165) is 28.6 Å². The molecule has 2 aliphatic rings. The number of methoxy groups -OCH3 is 1. The Bertz CT molecular complexity index is 1670. The maximum absolute atomic E-state index is 13.8. The van der Waals surface area contributed by atoms with E-state index in [1.165, 1.54) is 36.3 Å². The molecule has 44 heavy (non-hydrogen) atoms. The number of carboxylic acids is 1. The Morgan fingerprint density at radius 1 is 0.977 bits per heavy atom. The number of rotatable bonds is 8. The molecule has 0 saturated carbocycles. The van der Waals surface area contributed by atoms with E-state index in [2.05, 4.69) is 0 Å². The van der Waals surface area contributed by atoms with Crippen LogP contribution in [0.15, 0.2) is 65.6 Å². The number of fused-ring (bicyclic) bond motifs is 1. The van der Waals surface area contributed by atoms with Crippen LogP contribution in [0, 0.1) is 0 Å². The van der Waals surface area contributed by atoms with Crippen LogP contribution in [0.5, 0.6) is 11.5 Å². The fourth-order valence-electron chi connectivity index (χ4n) is 5.32. The van der Waals surface area contributed by atoms with Crippen molar-refractivity contribution in [3.05, 3.63) is 77.4 Å². The highest BCUT2D eigenvalue weighted by Crippen LogP contribution is 2.47. The summed E-state index contributed by atoms with van der Waals surface area (Å²) >= 11 is 0. The molecule has 0 bridgehead atoms. The molecule has 8 nitrogen and oxygen atoms in total. The summed E-state index contributed by atoms with van der Waals surface area (Å²) in [5, 5.41) is 9.11. The molecule has 1 atom stereocenters. The Hall–Kier alpha value is -4.14. The van der Waals surface area contributed by atoms with Crippen molar-refractivity contribution in [3.8, 4) is 11.5 Å². The third-order valence-electron chi connectivity index (χ3n) is 7.54. The van der Waals surface area contributed by atoms with Crippen LogP contribution in [-0.4, -0.2) is 52.3 Å². The van der Waals surface area contributed by atoms with Gasteiger partial charge in [-0.1, -0.05) is 18.2 Å². The zero-order chi connectivity index (χ0) is 32.0. The average Bonchev–Trinajstić information content (AvgIpc) is 2.94. The van der Waals surface area contributed by atoms with Crippen molar-refractivity contribution < 1.29 is 54.1 Å². The fraction of sp³-hybridized carbons (Fsp3) is 0.345. The predicted octanol–water partition coefficient (Wildman–Crippen LogP) is 6.16. The SMILES string of the molecule is COc1cccc(C(F)(F)F)c1N1CC(c2ccc3c(c2)N(S(=O)(=O)c2cccc(C(F)(F)F)c2)CC(CCC(=O)O)O3)C1. The summed E-state index contributed by atoms with van der Waals surface area (Å²) in [7, 11) is -3.32. The van der Waals surface area contributed by atoms with Gasteiger partial charge in [0.25, 0.3) is 10.0 Å². The van der Waals surface area contributed by atoms with Gasteiger partial charge in [-0.15, -0.1) is 0 Å². The van der Waals surface area contributed by atoms with Crippen molar-refractivity contribution >= 4 is 27.4 Å². The van der Waals surface area contributed by atoms with Gasteiger partial charge >= 0.3 is 18.3 Å². The zero-order valence-corrected chi connectivity index (χ0v) is 23.8. The quantitative estimate of drug-likeness (QED) is 0.294.